The van der Waals surface area contributed by atoms with Gasteiger partial charge in [-0.05, 0) is 29.3 Å². The van der Waals surface area contributed by atoms with Gasteiger partial charge in [-0.25, -0.2) is 4.98 Å². The number of allylic oxidation sites excluding steroid dienone is 3. The van der Waals surface area contributed by atoms with Gasteiger partial charge in [0, 0.05) is 24.9 Å². The van der Waals surface area contributed by atoms with Gasteiger partial charge in [0.2, 0.25) is 11.8 Å². The van der Waals surface area contributed by atoms with Crippen molar-refractivity contribution in [2.75, 3.05) is 10.6 Å². The zero-order valence-electron chi connectivity index (χ0n) is 14.5. The molecule has 2 aromatic rings. The van der Waals surface area contributed by atoms with Gasteiger partial charge in [-0.15, -0.1) is 0 Å². The lowest BCUT2D eigenvalue weighted by Crippen LogP contribution is -2.12. The highest BCUT2D eigenvalue weighted by atomic mass is 16.2. The fraction of sp³-hybridized carbons (Fsp3) is 0.100. The Morgan fingerprint density at radius 2 is 1.96 bits per heavy atom. The summed E-state index contributed by atoms with van der Waals surface area (Å²) in [6.07, 6.45) is 10.0. The molecule has 2 rings (SSSR count). The standard InChI is InChI=1S/C20H20N4O2/c1-4-6-15(5-2)9-20(26)24-18-10-17(12-21-13-18)16-7-8-22-19(11-16)23-14(3)25/h4-8,10-13H,1-2,9H2,3H3,(H,24,26)(H,22,23,25)/b15-6+. The minimum atomic E-state index is -0.195. The summed E-state index contributed by atoms with van der Waals surface area (Å²) in [7, 11) is 0. The number of rotatable bonds is 7. The Labute approximate surface area is 152 Å². The molecule has 6 nitrogen and oxygen atoms in total. The molecule has 26 heavy (non-hydrogen) atoms. The molecule has 0 unspecified atom stereocenters. The van der Waals surface area contributed by atoms with Crippen molar-refractivity contribution in [3.63, 3.8) is 0 Å². The average molecular weight is 348 g/mol. The summed E-state index contributed by atoms with van der Waals surface area (Å²) in [6, 6.07) is 5.35. The van der Waals surface area contributed by atoms with Gasteiger partial charge in [-0.2, -0.15) is 0 Å². The number of carbonyl (C=O) groups is 2. The van der Waals surface area contributed by atoms with E-state index in [-0.39, 0.29) is 18.2 Å². The second kappa shape index (κ2) is 9.08. The van der Waals surface area contributed by atoms with Crippen LogP contribution in [0.4, 0.5) is 11.5 Å². The van der Waals surface area contributed by atoms with Crippen molar-refractivity contribution in [2.24, 2.45) is 0 Å². The monoisotopic (exact) mass is 348 g/mol. The number of pyridine rings is 2. The van der Waals surface area contributed by atoms with E-state index in [0.717, 1.165) is 16.7 Å². The smallest absolute Gasteiger partial charge is 0.228 e. The Morgan fingerprint density at radius 1 is 1.15 bits per heavy atom. The Bertz CT molecular complexity index is 872. The molecule has 0 spiro atoms. The highest BCUT2D eigenvalue weighted by molar-refractivity contribution is 5.93. The molecule has 0 fully saturated rings. The Kier molecular flexibility index (Phi) is 6.56. The Balaban J connectivity index is 2.16. The van der Waals surface area contributed by atoms with Crippen molar-refractivity contribution in [1.82, 2.24) is 9.97 Å². The van der Waals surface area contributed by atoms with E-state index >= 15 is 0 Å². The highest BCUT2D eigenvalue weighted by Crippen LogP contribution is 2.23. The van der Waals surface area contributed by atoms with Crippen LogP contribution in [0.1, 0.15) is 13.3 Å². The number of anilines is 2. The molecule has 0 aromatic carbocycles. The molecule has 2 N–H and O–H groups in total. The molecule has 0 atom stereocenters. The van der Waals surface area contributed by atoms with Crippen LogP contribution in [-0.4, -0.2) is 21.8 Å². The zero-order valence-corrected chi connectivity index (χ0v) is 14.5. The van der Waals surface area contributed by atoms with Crippen LogP contribution in [-0.2, 0) is 9.59 Å². The molecular weight excluding hydrogens is 328 g/mol. The van der Waals surface area contributed by atoms with Crippen LogP contribution in [0.15, 0.2) is 73.7 Å². The van der Waals surface area contributed by atoms with Crippen molar-refractivity contribution >= 4 is 23.3 Å². The first-order valence-electron chi connectivity index (χ1n) is 7.94. The summed E-state index contributed by atoms with van der Waals surface area (Å²) in [6.45, 7) is 8.71. The van der Waals surface area contributed by atoms with Gasteiger partial charge in [0.05, 0.1) is 18.3 Å². The summed E-state index contributed by atoms with van der Waals surface area (Å²) in [5.74, 6) is 0.0830. The van der Waals surface area contributed by atoms with Crippen LogP contribution in [0.3, 0.4) is 0 Å². The third kappa shape index (κ3) is 5.52. The van der Waals surface area contributed by atoms with Crippen molar-refractivity contribution < 1.29 is 9.59 Å². The first-order chi connectivity index (χ1) is 12.5. The van der Waals surface area contributed by atoms with E-state index in [0.29, 0.717) is 11.5 Å². The van der Waals surface area contributed by atoms with Gasteiger partial charge in [0.1, 0.15) is 5.82 Å². The molecular formula is C20H20N4O2. The Morgan fingerprint density at radius 3 is 2.65 bits per heavy atom. The second-order valence-corrected chi connectivity index (χ2v) is 5.48. The van der Waals surface area contributed by atoms with E-state index in [9.17, 15) is 9.59 Å². The molecule has 0 aliphatic carbocycles. The predicted octanol–water partition coefficient (Wildman–Crippen LogP) is 3.73. The predicted molar refractivity (Wildman–Crippen MR) is 103 cm³/mol. The maximum atomic E-state index is 12.2. The molecule has 0 bridgehead atoms. The molecule has 2 aromatic heterocycles. The molecule has 0 saturated carbocycles. The lowest BCUT2D eigenvalue weighted by molar-refractivity contribution is -0.115. The fourth-order valence-electron chi connectivity index (χ4n) is 2.27. The Hall–Kier alpha value is -3.54. The summed E-state index contributed by atoms with van der Waals surface area (Å²) >= 11 is 0. The van der Waals surface area contributed by atoms with Crippen LogP contribution < -0.4 is 10.6 Å². The van der Waals surface area contributed by atoms with Gasteiger partial charge in [-0.1, -0.05) is 31.4 Å². The number of nitrogens with one attached hydrogen (secondary N) is 2. The van der Waals surface area contributed by atoms with Gasteiger partial charge in [-0.3, -0.25) is 14.6 Å². The van der Waals surface area contributed by atoms with Gasteiger partial charge in [0.25, 0.3) is 0 Å². The number of amides is 2. The number of hydrogen-bond donors (Lipinski definition) is 2. The highest BCUT2D eigenvalue weighted by Gasteiger charge is 2.07. The molecule has 0 aliphatic heterocycles. The number of nitrogens with zero attached hydrogens (tertiary/aromatic N) is 2. The van der Waals surface area contributed by atoms with Crippen LogP contribution in [0.5, 0.6) is 0 Å². The molecule has 0 saturated heterocycles. The van der Waals surface area contributed by atoms with Crippen molar-refractivity contribution in [2.45, 2.75) is 13.3 Å². The second-order valence-electron chi connectivity index (χ2n) is 5.48. The largest absolute Gasteiger partial charge is 0.324 e. The fourth-order valence-corrected chi connectivity index (χ4v) is 2.27. The molecule has 0 aliphatic rings. The molecule has 0 radical (unpaired) electrons. The first kappa shape index (κ1) is 18.8. The van der Waals surface area contributed by atoms with E-state index in [4.69, 9.17) is 0 Å². The van der Waals surface area contributed by atoms with Crippen LogP contribution in [0, 0.1) is 0 Å². The third-order valence-electron chi connectivity index (χ3n) is 3.38. The maximum absolute atomic E-state index is 12.2. The molecule has 2 heterocycles. The summed E-state index contributed by atoms with van der Waals surface area (Å²) < 4.78 is 0. The van der Waals surface area contributed by atoms with Crippen LogP contribution in [0.2, 0.25) is 0 Å². The SMILES string of the molecule is C=C/C=C(\C=C)CC(=O)Nc1cncc(-c2ccnc(NC(C)=O)c2)c1. The number of aromatic nitrogens is 2. The number of carbonyl (C=O) groups excluding carboxylic acids is 2. The first-order valence-corrected chi connectivity index (χ1v) is 7.94. The zero-order chi connectivity index (χ0) is 18.9. The summed E-state index contributed by atoms with van der Waals surface area (Å²) in [5, 5.41) is 5.45. The minimum absolute atomic E-state index is 0.175. The van der Waals surface area contributed by atoms with E-state index in [1.807, 2.05) is 6.07 Å². The van der Waals surface area contributed by atoms with Crippen LogP contribution in [0.25, 0.3) is 11.1 Å². The van der Waals surface area contributed by atoms with Gasteiger partial charge >= 0.3 is 0 Å². The van der Waals surface area contributed by atoms with Crippen molar-refractivity contribution in [3.8, 4) is 11.1 Å². The van der Waals surface area contributed by atoms with Crippen molar-refractivity contribution in [1.29, 1.82) is 0 Å². The van der Waals surface area contributed by atoms with E-state index < -0.39 is 0 Å². The molecule has 2 amide bonds. The van der Waals surface area contributed by atoms with E-state index in [1.165, 1.54) is 6.92 Å². The van der Waals surface area contributed by atoms with Gasteiger partial charge < -0.3 is 10.6 Å². The van der Waals surface area contributed by atoms with Crippen molar-refractivity contribution in [3.05, 3.63) is 73.7 Å². The van der Waals surface area contributed by atoms with E-state index in [2.05, 4.69) is 33.8 Å². The average Bonchev–Trinajstić information content (AvgIpc) is 2.61. The van der Waals surface area contributed by atoms with Gasteiger partial charge in [0.15, 0.2) is 0 Å². The lowest BCUT2D eigenvalue weighted by atomic mass is 10.1. The quantitative estimate of drug-likeness (QED) is 0.747. The lowest BCUT2D eigenvalue weighted by Gasteiger charge is -2.08. The molecule has 6 heteroatoms. The van der Waals surface area contributed by atoms with E-state index in [1.54, 1.807) is 49.0 Å². The normalized spacial score (nSPS) is 10.7. The molecule has 132 valence electrons. The van der Waals surface area contributed by atoms with Crippen LogP contribution >= 0.6 is 0 Å². The minimum Gasteiger partial charge on any atom is -0.324 e. The third-order valence-corrected chi connectivity index (χ3v) is 3.38. The number of hydrogen-bond acceptors (Lipinski definition) is 4. The maximum Gasteiger partial charge on any atom is 0.228 e. The summed E-state index contributed by atoms with van der Waals surface area (Å²) in [4.78, 5) is 31.6. The topological polar surface area (TPSA) is 84.0 Å². The summed E-state index contributed by atoms with van der Waals surface area (Å²) in [5.41, 5.74) is 2.97.